The van der Waals surface area contributed by atoms with Crippen molar-refractivity contribution < 1.29 is 14.7 Å². The molecule has 0 aliphatic carbocycles. The van der Waals surface area contributed by atoms with Crippen molar-refractivity contribution in [2.24, 2.45) is 0 Å². The Hall–Kier alpha value is -2.41. The lowest BCUT2D eigenvalue weighted by molar-refractivity contribution is 0.0697. The summed E-state index contributed by atoms with van der Waals surface area (Å²) >= 11 is 1.51. The zero-order valence-corrected chi connectivity index (χ0v) is 11.5. The topological polar surface area (TPSA) is 91.3 Å². The molecule has 0 bridgehead atoms. The van der Waals surface area contributed by atoms with E-state index in [2.05, 4.69) is 15.6 Å². The van der Waals surface area contributed by atoms with Crippen molar-refractivity contribution in [2.75, 3.05) is 5.32 Å². The second-order valence-corrected chi connectivity index (χ2v) is 5.38. The number of amides is 2. The Morgan fingerprint density at radius 3 is 2.85 bits per heavy atom. The third kappa shape index (κ3) is 3.79. The number of nitrogens with one attached hydrogen (secondary N) is 2. The molecular weight excluding hydrogens is 278 g/mol. The van der Waals surface area contributed by atoms with Crippen molar-refractivity contribution in [1.82, 2.24) is 10.3 Å². The molecule has 20 heavy (non-hydrogen) atoms. The number of aromatic nitrogens is 1. The SMILES string of the molecule is Cc1cnc(CNC(=O)Nc2cccc(C(=O)O)c2)s1. The van der Waals surface area contributed by atoms with E-state index in [0.29, 0.717) is 12.2 Å². The number of hydrogen-bond donors (Lipinski definition) is 3. The van der Waals surface area contributed by atoms with Crippen molar-refractivity contribution in [3.63, 3.8) is 0 Å². The first-order valence-electron chi connectivity index (χ1n) is 5.84. The van der Waals surface area contributed by atoms with Gasteiger partial charge in [-0.05, 0) is 25.1 Å². The number of benzene rings is 1. The molecule has 0 aliphatic rings. The van der Waals surface area contributed by atoms with Gasteiger partial charge in [-0.15, -0.1) is 11.3 Å². The van der Waals surface area contributed by atoms with Crippen LogP contribution >= 0.6 is 11.3 Å². The van der Waals surface area contributed by atoms with Crippen LogP contribution in [0.15, 0.2) is 30.5 Å². The maximum absolute atomic E-state index is 11.7. The second-order valence-electron chi connectivity index (χ2n) is 4.06. The van der Waals surface area contributed by atoms with E-state index < -0.39 is 12.0 Å². The normalized spacial score (nSPS) is 10.1. The molecular formula is C13H13N3O3S. The number of carbonyl (C=O) groups is 2. The van der Waals surface area contributed by atoms with Crippen molar-refractivity contribution in [2.45, 2.75) is 13.5 Å². The Bertz CT molecular complexity index is 639. The van der Waals surface area contributed by atoms with Gasteiger partial charge in [0.15, 0.2) is 0 Å². The van der Waals surface area contributed by atoms with Crippen molar-refractivity contribution in [3.05, 3.63) is 45.9 Å². The van der Waals surface area contributed by atoms with E-state index in [9.17, 15) is 9.59 Å². The summed E-state index contributed by atoms with van der Waals surface area (Å²) < 4.78 is 0. The van der Waals surface area contributed by atoms with Crippen LogP contribution in [0.5, 0.6) is 0 Å². The summed E-state index contributed by atoms with van der Waals surface area (Å²) in [7, 11) is 0. The summed E-state index contributed by atoms with van der Waals surface area (Å²) in [5, 5.41) is 14.9. The molecule has 1 aromatic heterocycles. The van der Waals surface area contributed by atoms with Gasteiger partial charge in [0.1, 0.15) is 5.01 Å². The maximum Gasteiger partial charge on any atom is 0.335 e. The standard InChI is InChI=1S/C13H13N3O3S/c1-8-6-14-11(20-8)7-15-13(19)16-10-4-2-3-9(5-10)12(17)18/h2-6H,7H2,1H3,(H,17,18)(H2,15,16,19). The van der Waals surface area contributed by atoms with E-state index in [4.69, 9.17) is 5.11 Å². The molecule has 3 N–H and O–H groups in total. The zero-order valence-electron chi connectivity index (χ0n) is 10.7. The Labute approximate surface area is 119 Å². The number of anilines is 1. The average molecular weight is 291 g/mol. The minimum absolute atomic E-state index is 0.123. The summed E-state index contributed by atoms with van der Waals surface area (Å²) in [4.78, 5) is 27.7. The van der Waals surface area contributed by atoms with Gasteiger partial charge in [-0.3, -0.25) is 0 Å². The lowest BCUT2D eigenvalue weighted by atomic mass is 10.2. The predicted molar refractivity (Wildman–Crippen MR) is 76.1 cm³/mol. The highest BCUT2D eigenvalue weighted by molar-refractivity contribution is 7.11. The lowest BCUT2D eigenvalue weighted by Crippen LogP contribution is -2.28. The lowest BCUT2D eigenvalue weighted by Gasteiger charge is -2.06. The van der Waals surface area contributed by atoms with Gasteiger partial charge in [0.25, 0.3) is 0 Å². The molecule has 1 heterocycles. The van der Waals surface area contributed by atoms with Crippen LogP contribution in [-0.4, -0.2) is 22.1 Å². The largest absolute Gasteiger partial charge is 0.478 e. The van der Waals surface area contributed by atoms with Gasteiger partial charge >= 0.3 is 12.0 Å². The number of thiazole rings is 1. The van der Waals surface area contributed by atoms with Gasteiger partial charge in [0.2, 0.25) is 0 Å². The fourth-order valence-corrected chi connectivity index (χ4v) is 2.27. The van der Waals surface area contributed by atoms with Crippen molar-refractivity contribution in [3.8, 4) is 0 Å². The van der Waals surface area contributed by atoms with Crippen LogP contribution in [-0.2, 0) is 6.54 Å². The van der Waals surface area contributed by atoms with Crippen LogP contribution in [0.4, 0.5) is 10.5 Å². The highest BCUT2D eigenvalue weighted by atomic mass is 32.1. The Balaban J connectivity index is 1.91. The summed E-state index contributed by atoms with van der Waals surface area (Å²) in [6, 6.07) is 5.66. The van der Waals surface area contributed by atoms with Gasteiger partial charge in [-0.2, -0.15) is 0 Å². The monoisotopic (exact) mass is 291 g/mol. The molecule has 0 aliphatic heterocycles. The molecule has 0 unspecified atom stereocenters. The molecule has 104 valence electrons. The van der Waals surface area contributed by atoms with E-state index in [0.717, 1.165) is 9.88 Å². The van der Waals surface area contributed by atoms with Gasteiger partial charge in [-0.1, -0.05) is 6.07 Å². The molecule has 2 aromatic rings. The molecule has 7 heteroatoms. The van der Waals surface area contributed by atoms with Crippen molar-refractivity contribution >= 4 is 29.0 Å². The first kappa shape index (κ1) is 14.0. The first-order chi connectivity index (χ1) is 9.54. The number of rotatable bonds is 4. The minimum Gasteiger partial charge on any atom is -0.478 e. The fraction of sp³-hybridized carbons (Fsp3) is 0.154. The summed E-state index contributed by atoms with van der Waals surface area (Å²) in [6.07, 6.45) is 1.75. The van der Waals surface area contributed by atoms with Gasteiger partial charge in [-0.25, -0.2) is 14.6 Å². The quantitative estimate of drug-likeness (QED) is 0.807. The maximum atomic E-state index is 11.7. The Morgan fingerprint density at radius 2 is 2.20 bits per heavy atom. The number of nitrogens with zero attached hydrogens (tertiary/aromatic N) is 1. The molecule has 0 atom stereocenters. The smallest absolute Gasteiger partial charge is 0.335 e. The Morgan fingerprint density at radius 1 is 1.40 bits per heavy atom. The molecule has 0 saturated heterocycles. The number of carbonyl (C=O) groups excluding carboxylic acids is 1. The summed E-state index contributed by atoms with van der Waals surface area (Å²) in [5.74, 6) is -1.03. The number of aryl methyl sites for hydroxylation is 1. The second kappa shape index (κ2) is 6.16. The van der Waals surface area contributed by atoms with Crippen LogP contribution in [0, 0.1) is 6.92 Å². The molecule has 0 fully saturated rings. The first-order valence-corrected chi connectivity index (χ1v) is 6.66. The number of carboxylic acids is 1. The highest BCUT2D eigenvalue weighted by Crippen LogP contribution is 2.12. The summed E-state index contributed by atoms with van der Waals surface area (Å²) in [6.45, 7) is 2.28. The van der Waals surface area contributed by atoms with E-state index in [1.165, 1.54) is 23.5 Å². The van der Waals surface area contributed by atoms with E-state index in [1.54, 1.807) is 18.3 Å². The third-order valence-electron chi connectivity index (χ3n) is 2.44. The van der Waals surface area contributed by atoms with Gasteiger partial charge < -0.3 is 15.7 Å². The average Bonchev–Trinajstić information content (AvgIpc) is 2.82. The fourth-order valence-electron chi connectivity index (χ4n) is 1.54. The molecule has 6 nitrogen and oxygen atoms in total. The van der Waals surface area contributed by atoms with E-state index in [1.807, 2.05) is 6.92 Å². The van der Waals surface area contributed by atoms with E-state index in [-0.39, 0.29) is 5.56 Å². The van der Waals surface area contributed by atoms with Crippen LogP contribution in [0.25, 0.3) is 0 Å². The highest BCUT2D eigenvalue weighted by Gasteiger charge is 2.06. The number of hydrogen-bond acceptors (Lipinski definition) is 4. The minimum atomic E-state index is -1.03. The predicted octanol–water partition coefficient (Wildman–Crippen LogP) is 2.47. The van der Waals surface area contributed by atoms with Crippen LogP contribution in [0.1, 0.15) is 20.2 Å². The molecule has 2 rings (SSSR count). The number of urea groups is 1. The van der Waals surface area contributed by atoms with E-state index >= 15 is 0 Å². The third-order valence-corrected chi connectivity index (χ3v) is 3.35. The molecule has 0 radical (unpaired) electrons. The Kier molecular flexibility index (Phi) is 4.31. The zero-order chi connectivity index (χ0) is 14.5. The van der Waals surface area contributed by atoms with Crippen LogP contribution in [0.3, 0.4) is 0 Å². The van der Waals surface area contributed by atoms with Crippen LogP contribution < -0.4 is 10.6 Å². The molecule has 0 saturated carbocycles. The van der Waals surface area contributed by atoms with Crippen molar-refractivity contribution in [1.29, 1.82) is 0 Å². The molecule has 2 amide bonds. The van der Waals surface area contributed by atoms with Gasteiger partial charge in [0, 0.05) is 16.8 Å². The summed E-state index contributed by atoms with van der Waals surface area (Å²) in [5.41, 5.74) is 0.552. The molecule has 0 spiro atoms. The van der Waals surface area contributed by atoms with Crippen LogP contribution in [0.2, 0.25) is 0 Å². The number of aromatic carboxylic acids is 1. The van der Waals surface area contributed by atoms with Gasteiger partial charge in [0.05, 0.1) is 12.1 Å². The molecule has 1 aromatic carbocycles. The number of carboxylic acid groups (broad SMARTS) is 1.